The molecule has 0 saturated heterocycles. The molecule has 0 amide bonds. The van der Waals surface area contributed by atoms with Crippen molar-refractivity contribution in [2.24, 2.45) is 7.05 Å². The van der Waals surface area contributed by atoms with Crippen LogP contribution >= 0.6 is 0 Å². The average molecular weight is 234 g/mol. The van der Waals surface area contributed by atoms with Gasteiger partial charge in [-0.1, -0.05) is 12.1 Å². The molecule has 3 nitrogen and oxygen atoms in total. The maximum atomic E-state index is 12.8. The molecular formula is C13H15FN2O. The van der Waals surface area contributed by atoms with Gasteiger partial charge in [-0.3, -0.25) is 4.68 Å². The number of hydrogen-bond acceptors (Lipinski definition) is 2. The van der Waals surface area contributed by atoms with Crippen LogP contribution in [0.1, 0.15) is 18.2 Å². The summed E-state index contributed by atoms with van der Waals surface area (Å²) in [5.74, 6) is -0.303. The van der Waals surface area contributed by atoms with Gasteiger partial charge in [0.1, 0.15) is 5.82 Å². The van der Waals surface area contributed by atoms with Crippen LogP contribution in [0, 0.1) is 5.82 Å². The number of halogens is 1. The summed E-state index contributed by atoms with van der Waals surface area (Å²) < 4.78 is 14.5. The van der Waals surface area contributed by atoms with E-state index in [9.17, 15) is 9.50 Å². The predicted octanol–water partition coefficient (Wildman–Crippen LogP) is 2.01. The lowest BCUT2D eigenvalue weighted by molar-refractivity contribution is 0.0564. The lowest BCUT2D eigenvalue weighted by atomic mass is 9.91. The zero-order valence-electron chi connectivity index (χ0n) is 9.89. The predicted molar refractivity (Wildman–Crippen MR) is 62.9 cm³/mol. The summed E-state index contributed by atoms with van der Waals surface area (Å²) in [7, 11) is 1.83. The van der Waals surface area contributed by atoms with E-state index < -0.39 is 5.60 Å². The highest BCUT2D eigenvalue weighted by Gasteiger charge is 2.24. The molecule has 0 aliphatic heterocycles. The van der Waals surface area contributed by atoms with Crippen LogP contribution in [0.15, 0.2) is 36.5 Å². The molecule has 0 aliphatic carbocycles. The lowest BCUT2D eigenvalue weighted by Crippen LogP contribution is -2.24. The molecule has 1 aromatic heterocycles. The topological polar surface area (TPSA) is 38.0 Å². The molecule has 2 rings (SSSR count). The molecule has 1 atom stereocenters. The Labute approximate surface area is 99.5 Å². The second-order valence-corrected chi connectivity index (χ2v) is 4.44. The van der Waals surface area contributed by atoms with Crippen molar-refractivity contribution in [2.45, 2.75) is 18.9 Å². The molecule has 1 aromatic carbocycles. The van der Waals surface area contributed by atoms with Crippen LogP contribution in [0.4, 0.5) is 4.39 Å². The van der Waals surface area contributed by atoms with Gasteiger partial charge in [-0.25, -0.2) is 4.39 Å². The minimum Gasteiger partial charge on any atom is -0.385 e. The van der Waals surface area contributed by atoms with E-state index in [0.717, 1.165) is 5.69 Å². The van der Waals surface area contributed by atoms with Crippen LogP contribution in [0.25, 0.3) is 0 Å². The first-order valence-corrected chi connectivity index (χ1v) is 5.44. The van der Waals surface area contributed by atoms with E-state index in [0.29, 0.717) is 12.0 Å². The molecule has 2 aromatic rings. The Balaban J connectivity index is 2.21. The number of rotatable bonds is 3. The Hall–Kier alpha value is -1.68. The molecule has 4 heteroatoms. The van der Waals surface area contributed by atoms with Crippen molar-refractivity contribution in [3.63, 3.8) is 0 Å². The van der Waals surface area contributed by atoms with Crippen LogP contribution in [-0.4, -0.2) is 14.9 Å². The Bertz CT molecular complexity index is 502. The maximum Gasteiger partial charge on any atom is 0.123 e. The Morgan fingerprint density at radius 1 is 1.29 bits per heavy atom. The molecule has 90 valence electrons. The first kappa shape index (κ1) is 11.8. The van der Waals surface area contributed by atoms with E-state index in [2.05, 4.69) is 5.10 Å². The van der Waals surface area contributed by atoms with Gasteiger partial charge in [0.15, 0.2) is 0 Å². The standard InChI is InChI=1S/C13H15FN2O/c1-13(17,9-12-7-8-16(2)15-12)10-3-5-11(14)6-4-10/h3-8,17H,9H2,1-2H3. The average Bonchev–Trinajstić information content (AvgIpc) is 2.63. The Kier molecular flexibility index (Phi) is 2.98. The van der Waals surface area contributed by atoms with Crippen molar-refractivity contribution >= 4 is 0 Å². The third-order valence-corrected chi connectivity index (χ3v) is 2.76. The fraction of sp³-hybridized carbons (Fsp3) is 0.308. The summed E-state index contributed by atoms with van der Waals surface area (Å²) >= 11 is 0. The summed E-state index contributed by atoms with van der Waals surface area (Å²) in [5.41, 5.74) is 0.452. The molecule has 0 saturated carbocycles. The highest BCUT2D eigenvalue weighted by molar-refractivity contribution is 5.24. The van der Waals surface area contributed by atoms with Crippen molar-refractivity contribution in [2.75, 3.05) is 0 Å². The molecule has 1 N–H and O–H groups in total. The van der Waals surface area contributed by atoms with Gasteiger partial charge >= 0.3 is 0 Å². The van der Waals surface area contributed by atoms with E-state index in [1.807, 2.05) is 19.3 Å². The van der Waals surface area contributed by atoms with Crippen LogP contribution in [0.2, 0.25) is 0 Å². The minimum absolute atomic E-state index is 0.303. The van der Waals surface area contributed by atoms with Gasteiger partial charge in [-0.2, -0.15) is 5.10 Å². The molecular weight excluding hydrogens is 219 g/mol. The summed E-state index contributed by atoms with van der Waals surface area (Å²) in [5, 5.41) is 14.6. The monoisotopic (exact) mass is 234 g/mol. The molecule has 0 fully saturated rings. The molecule has 17 heavy (non-hydrogen) atoms. The molecule has 1 unspecified atom stereocenters. The third kappa shape index (κ3) is 2.71. The quantitative estimate of drug-likeness (QED) is 0.882. The number of benzene rings is 1. The second kappa shape index (κ2) is 4.30. The molecule has 0 aliphatic rings. The lowest BCUT2D eigenvalue weighted by Gasteiger charge is -2.22. The van der Waals surface area contributed by atoms with Gasteiger partial charge in [-0.05, 0) is 30.7 Å². The van der Waals surface area contributed by atoms with E-state index in [-0.39, 0.29) is 5.82 Å². The van der Waals surface area contributed by atoms with Crippen LogP contribution in [-0.2, 0) is 19.1 Å². The maximum absolute atomic E-state index is 12.8. The van der Waals surface area contributed by atoms with Crippen LogP contribution < -0.4 is 0 Å². The Morgan fingerprint density at radius 2 is 1.94 bits per heavy atom. The summed E-state index contributed by atoms with van der Waals surface area (Å²) in [6.07, 6.45) is 2.23. The number of aromatic nitrogens is 2. The van der Waals surface area contributed by atoms with Crippen molar-refractivity contribution in [3.8, 4) is 0 Å². The fourth-order valence-electron chi connectivity index (χ4n) is 1.82. The molecule has 0 spiro atoms. The highest BCUT2D eigenvalue weighted by Crippen LogP contribution is 2.24. The molecule has 0 radical (unpaired) electrons. The van der Waals surface area contributed by atoms with Gasteiger partial charge in [0, 0.05) is 19.7 Å². The van der Waals surface area contributed by atoms with Gasteiger partial charge in [0.25, 0.3) is 0 Å². The van der Waals surface area contributed by atoms with Crippen LogP contribution in [0.5, 0.6) is 0 Å². The molecule has 0 bridgehead atoms. The number of hydrogen-bond donors (Lipinski definition) is 1. The minimum atomic E-state index is -1.04. The molecule has 1 heterocycles. The van der Waals surface area contributed by atoms with E-state index in [1.165, 1.54) is 12.1 Å². The summed E-state index contributed by atoms with van der Waals surface area (Å²) in [4.78, 5) is 0. The highest BCUT2D eigenvalue weighted by atomic mass is 19.1. The van der Waals surface area contributed by atoms with E-state index >= 15 is 0 Å². The van der Waals surface area contributed by atoms with Crippen LogP contribution in [0.3, 0.4) is 0 Å². The zero-order chi connectivity index (χ0) is 12.5. The van der Waals surface area contributed by atoms with Gasteiger partial charge in [-0.15, -0.1) is 0 Å². The SMILES string of the molecule is Cn1ccc(CC(C)(O)c2ccc(F)cc2)n1. The van der Waals surface area contributed by atoms with Gasteiger partial charge in [0.2, 0.25) is 0 Å². The van der Waals surface area contributed by atoms with Crippen molar-refractivity contribution in [1.29, 1.82) is 0 Å². The summed E-state index contributed by atoms with van der Waals surface area (Å²) in [6.45, 7) is 1.70. The van der Waals surface area contributed by atoms with Gasteiger partial charge in [0.05, 0.1) is 11.3 Å². The number of aryl methyl sites for hydroxylation is 1. The van der Waals surface area contributed by atoms with E-state index in [4.69, 9.17) is 0 Å². The summed E-state index contributed by atoms with van der Waals surface area (Å²) in [6, 6.07) is 7.75. The van der Waals surface area contributed by atoms with Gasteiger partial charge < -0.3 is 5.11 Å². The normalized spacial score (nSPS) is 14.6. The number of nitrogens with zero attached hydrogens (tertiary/aromatic N) is 2. The first-order chi connectivity index (χ1) is 7.97. The zero-order valence-corrected chi connectivity index (χ0v) is 9.89. The Morgan fingerprint density at radius 3 is 2.47 bits per heavy atom. The third-order valence-electron chi connectivity index (χ3n) is 2.76. The number of aliphatic hydroxyl groups is 1. The van der Waals surface area contributed by atoms with Crippen molar-refractivity contribution in [1.82, 2.24) is 9.78 Å². The largest absolute Gasteiger partial charge is 0.385 e. The fourth-order valence-corrected chi connectivity index (χ4v) is 1.82. The van der Waals surface area contributed by atoms with Crippen molar-refractivity contribution in [3.05, 3.63) is 53.6 Å². The van der Waals surface area contributed by atoms with Crippen molar-refractivity contribution < 1.29 is 9.50 Å². The smallest absolute Gasteiger partial charge is 0.123 e. The first-order valence-electron chi connectivity index (χ1n) is 5.44. The van der Waals surface area contributed by atoms with E-state index in [1.54, 1.807) is 23.7 Å². The second-order valence-electron chi connectivity index (χ2n) is 4.44.